The lowest BCUT2D eigenvalue weighted by molar-refractivity contribution is 0.384. The Bertz CT molecular complexity index is 590. The predicted octanol–water partition coefficient (Wildman–Crippen LogP) is 4.24. The molecule has 0 atom stereocenters. The van der Waals surface area contributed by atoms with E-state index < -0.39 is 11.6 Å². The average molecular weight is 284 g/mol. The standard InChI is InChI=1S/C14H12ClF2NO/c1-19-13-4-2-3-9(14(13)17)8-18-12-6-5-10(15)7-11(12)16/h2-7,18H,8H2,1H3. The van der Waals surface area contributed by atoms with Gasteiger partial charge in [-0.05, 0) is 24.3 Å². The Morgan fingerprint density at radius 1 is 1.21 bits per heavy atom. The minimum Gasteiger partial charge on any atom is -0.494 e. The number of halogens is 3. The van der Waals surface area contributed by atoms with Gasteiger partial charge in [0, 0.05) is 17.1 Å². The largest absolute Gasteiger partial charge is 0.494 e. The van der Waals surface area contributed by atoms with Gasteiger partial charge in [-0.2, -0.15) is 0 Å². The van der Waals surface area contributed by atoms with Crippen molar-refractivity contribution in [3.05, 3.63) is 58.6 Å². The molecule has 19 heavy (non-hydrogen) atoms. The second-order valence-electron chi connectivity index (χ2n) is 3.91. The first-order valence-electron chi connectivity index (χ1n) is 5.62. The van der Waals surface area contributed by atoms with Gasteiger partial charge in [0.25, 0.3) is 0 Å². The second-order valence-corrected chi connectivity index (χ2v) is 4.35. The highest BCUT2D eigenvalue weighted by atomic mass is 35.5. The van der Waals surface area contributed by atoms with Crippen LogP contribution >= 0.6 is 11.6 Å². The molecule has 1 N–H and O–H groups in total. The van der Waals surface area contributed by atoms with Gasteiger partial charge in [0.15, 0.2) is 11.6 Å². The summed E-state index contributed by atoms with van der Waals surface area (Å²) in [4.78, 5) is 0. The molecule has 0 amide bonds. The van der Waals surface area contributed by atoms with E-state index in [4.69, 9.17) is 16.3 Å². The fourth-order valence-corrected chi connectivity index (χ4v) is 1.83. The SMILES string of the molecule is COc1cccc(CNc2ccc(Cl)cc2F)c1F. The monoisotopic (exact) mass is 283 g/mol. The molecular weight excluding hydrogens is 272 g/mol. The van der Waals surface area contributed by atoms with E-state index in [1.54, 1.807) is 18.2 Å². The van der Waals surface area contributed by atoms with E-state index in [1.165, 1.54) is 25.3 Å². The van der Waals surface area contributed by atoms with Crippen molar-refractivity contribution in [1.82, 2.24) is 0 Å². The van der Waals surface area contributed by atoms with E-state index in [9.17, 15) is 8.78 Å². The Labute approximate surface area is 115 Å². The first-order valence-corrected chi connectivity index (χ1v) is 6.00. The zero-order chi connectivity index (χ0) is 13.8. The minimum atomic E-state index is -0.476. The fraction of sp³-hybridized carbons (Fsp3) is 0.143. The van der Waals surface area contributed by atoms with Crippen LogP contribution in [0.4, 0.5) is 14.5 Å². The molecule has 0 aliphatic rings. The van der Waals surface area contributed by atoms with Crippen molar-refractivity contribution >= 4 is 17.3 Å². The van der Waals surface area contributed by atoms with Crippen LogP contribution in [0.1, 0.15) is 5.56 Å². The summed E-state index contributed by atoms with van der Waals surface area (Å²) in [6, 6.07) is 9.09. The molecule has 2 aromatic rings. The topological polar surface area (TPSA) is 21.3 Å². The van der Waals surface area contributed by atoms with Gasteiger partial charge >= 0.3 is 0 Å². The van der Waals surface area contributed by atoms with Crippen LogP contribution in [-0.2, 0) is 6.54 Å². The molecule has 2 rings (SSSR count). The van der Waals surface area contributed by atoms with Gasteiger partial charge < -0.3 is 10.1 Å². The van der Waals surface area contributed by atoms with Crippen molar-refractivity contribution in [3.8, 4) is 5.75 Å². The molecule has 0 spiro atoms. The van der Waals surface area contributed by atoms with Crippen molar-refractivity contribution < 1.29 is 13.5 Å². The van der Waals surface area contributed by atoms with Gasteiger partial charge in [0.1, 0.15) is 5.82 Å². The lowest BCUT2D eigenvalue weighted by Gasteiger charge is -2.10. The molecule has 0 fully saturated rings. The predicted molar refractivity (Wildman–Crippen MR) is 71.7 cm³/mol. The number of hydrogen-bond acceptors (Lipinski definition) is 2. The highest BCUT2D eigenvalue weighted by molar-refractivity contribution is 6.30. The lowest BCUT2D eigenvalue weighted by Crippen LogP contribution is -2.04. The lowest BCUT2D eigenvalue weighted by atomic mass is 10.2. The summed E-state index contributed by atoms with van der Waals surface area (Å²) in [6.45, 7) is 0.154. The average Bonchev–Trinajstić information content (AvgIpc) is 2.39. The van der Waals surface area contributed by atoms with E-state index in [0.29, 0.717) is 10.6 Å². The molecule has 2 nitrogen and oxygen atoms in total. The van der Waals surface area contributed by atoms with E-state index >= 15 is 0 Å². The molecule has 2 aromatic carbocycles. The fourth-order valence-electron chi connectivity index (χ4n) is 1.67. The molecule has 0 aliphatic carbocycles. The Balaban J connectivity index is 2.14. The van der Waals surface area contributed by atoms with Gasteiger partial charge in [-0.3, -0.25) is 0 Å². The van der Waals surface area contributed by atoms with Gasteiger partial charge in [-0.1, -0.05) is 23.7 Å². The summed E-state index contributed by atoms with van der Waals surface area (Å²) >= 11 is 5.65. The maximum Gasteiger partial charge on any atom is 0.170 e. The van der Waals surface area contributed by atoms with Crippen LogP contribution in [0.2, 0.25) is 5.02 Å². The van der Waals surface area contributed by atoms with Crippen LogP contribution in [0.15, 0.2) is 36.4 Å². The van der Waals surface area contributed by atoms with Crippen molar-refractivity contribution in [1.29, 1.82) is 0 Å². The summed E-state index contributed by atoms with van der Waals surface area (Å²) in [5.74, 6) is -0.765. The Hall–Kier alpha value is -1.81. The molecular formula is C14H12ClF2NO. The summed E-state index contributed by atoms with van der Waals surface area (Å²) < 4.78 is 32.3. The first-order chi connectivity index (χ1) is 9.11. The molecule has 0 bridgehead atoms. The van der Waals surface area contributed by atoms with E-state index in [1.807, 2.05) is 0 Å². The summed E-state index contributed by atoms with van der Waals surface area (Å²) in [6.07, 6.45) is 0. The molecule has 0 unspecified atom stereocenters. The third-order valence-electron chi connectivity index (χ3n) is 2.66. The van der Waals surface area contributed by atoms with E-state index in [-0.39, 0.29) is 18.0 Å². The Morgan fingerprint density at radius 3 is 2.68 bits per heavy atom. The van der Waals surface area contributed by atoms with Gasteiger partial charge in [-0.15, -0.1) is 0 Å². The zero-order valence-electron chi connectivity index (χ0n) is 10.2. The maximum atomic E-state index is 13.9. The smallest absolute Gasteiger partial charge is 0.170 e. The summed E-state index contributed by atoms with van der Waals surface area (Å²) in [5, 5.41) is 3.13. The van der Waals surface area contributed by atoms with Crippen LogP contribution in [0.25, 0.3) is 0 Å². The van der Waals surface area contributed by atoms with Crippen molar-refractivity contribution in [3.63, 3.8) is 0 Å². The number of benzene rings is 2. The molecule has 0 heterocycles. The summed E-state index contributed by atoms with van der Waals surface area (Å²) in [5.41, 5.74) is 0.667. The number of ether oxygens (including phenoxy) is 1. The number of methoxy groups -OCH3 is 1. The molecule has 5 heteroatoms. The van der Waals surface area contributed by atoms with Gasteiger partial charge in [0.2, 0.25) is 0 Å². The van der Waals surface area contributed by atoms with E-state index in [0.717, 1.165) is 0 Å². The molecule has 0 aromatic heterocycles. The third kappa shape index (κ3) is 3.15. The normalized spacial score (nSPS) is 10.3. The molecule has 0 saturated carbocycles. The minimum absolute atomic E-state index is 0.154. The quantitative estimate of drug-likeness (QED) is 0.906. The highest BCUT2D eigenvalue weighted by Crippen LogP contribution is 2.23. The molecule has 0 radical (unpaired) electrons. The van der Waals surface area contributed by atoms with Crippen molar-refractivity contribution in [2.75, 3.05) is 12.4 Å². The molecule has 100 valence electrons. The molecule has 0 aliphatic heterocycles. The Kier molecular flexibility index (Phi) is 4.22. The van der Waals surface area contributed by atoms with Crippen LogP contribution in [0, 0.1) is 11.6 Å². The van der Waals surface area contributed by atoms with Gasteiger partial charge in [0.05, 0.1) is 12.8 Å². The third-order valence-corrected chi connectivity index (χ3v) is 2.90. The maximum absolute atomic E-state index is 13.9. The zero-order valence-corrected chi connectivity index (χ0v) is 11.0. The van der Waals surface area contributed by atoms with Crippen molar-refractivity contribution in [2.45, 2.75) is 6.54 Å². The summed E-state index contributed by atoms with van der Waals surface area (Å²) in [7, 11) is 1.40. The Morgan fingerprint density at radius 2 is 2.00 bits per heavy atom. The van der Waals surface area contributed by atoms with Crippen LogP contribution in [-0.4, -0.2) is 7.11 Å². The van der Waals surface area contributed by atoms with Crippen LogP contribution < -0.4 is 10.1 Å². The highest BCUT2D eigenvalue weighted by Gasteiger charge is 2.09. The number of rotatable bonds is 4. The second kappa shape index (κ2) is 5.89. The van der Waals surface area contributed by atoms with Crippen LogP contribution in [0.3, 0.4) is 0 Å². The number of anilines is 1. The first kappa shape index (κ1) is 13.6. The number of hydrogen-bond donors (Lipinski definition) is 1. The van der Waals surface area contributed by atoms with Crippen molar-refractivity contribution in [2.24, 2.45) is 0 Å². The van der Waals surface area contributed by atoms with Gasteiger partial charge in [-0.25, -0.2) is 8.78 Å². The van der Waals surface area contributed by atoms with Crippen LogP contribution in [0.5, 0.6) is 5.75 Å². The van der Waals surface area contributed by atoms with E-state index in [2.05, 4.69) is 5.32 Å². The molecule has 0 saturated heterocycles. The number of nitrogens with one attached hydrogen (secondary N) is 1.